The van der Waals surface area contributed by atoms with E-state index in [0.717, 1.165) is 4.88 Å². The van der Waals surface area contributed by atoms with Crippen molar-refractivity contribution in [3.8, 4) is 0 Å². The average molecular weight is 437 g/mol. The summed E-state index contributed by atoms with van der Waals surface area (Å²) in [5.41, 5.74) is 0.811. The maximum absolute atomic E-state index is 13.0. The summed E-state index contributed by atoms with van der Waals surface area (Å²) in [6.07, 6.45) is 1.10. The van der Waals surface area contributed by atoms with Crippen LogP contribution in [0.15, 0.2) is 35.2 Å². The van der Waals surface area contributed by atoms with Crippen LogP contribution in [0.4, 0.5) is 0 Å². The number of nitrogens with zero attached hydrogens (tertiary/aromatic N) is 1. The Morgan fingerprint density at radius 3 is 2.38 bits per heavy atom. The lowest BCUT2D eigenvalue weighted by atomic mass is 10.1. The number of benzene rings is 1. The van der Waals surface area contributed by atoms with Gasteiger partial charge in [-0.1, -0.05) is 0 Å². The van der Waals surface area contributed by atoms with E-state index in [9.17, 15) is 18.0 Å². The first-order valence-corrected chi connectivity index (χ1v) is 11.5. The Hall–Kier alpha value is -2.23. The summed E-state index contributed by atoms with van der Waals surface area (Å²) in [6.45, 7) is 4.27. The average Bonchev–Trinajstić information content (AvgIpc) is 3.14. The molecule has 0 bridgehead atoms. The molecule has 1 aromatic heterocycles. The molecule has 0 saturated carbocycles. The number of methoxy groups -OCH3 is 1. The van der Waals surface area contributed by atoms with Gasteiger partial charge in [-0.25, -0.2) is 13.2 Å². The van der Waals surface area contributed by atoms with Crippen molar-refractivity contribution < 1.29 is 22.7 Å². The van der Waals surface area contributed by atoms with E-state index < -0.39 is 16.0 Å². The van der Waals surface area contributed by atoms with Crippen molar-refractivity contribution in [1.29, 1.82) is 0 Å². The summed E-state index contributed by atoms with van der Waals surface area (Å²) >= 11 is 1.44. The van der Waals surface area contributed by atoms with Crippen LogP contribution in [0.5, 0.6) is 0 Å². The predicted molar refractivity (Wildman–Crippen MR) is 111 cm³/mol. The number of nitrogens with one attached hydrogen (secondary N) is 1. The van der Waals surface area contributed by atoms with E-state index >= 15 is 0 Å². The van der Waals surface area contributed by atoms with Crippen LogP contribution >= 0.6 is 11.3 Å². The van der Waals surface area contributed by atoms with Gasteiger partial charge in [-0.2, -0.15) is 4.31 Å². The molecule has 1 aliphatic rings. The minimum Gasteiger partial charge on any atom is -0.465 e. The maximum Gasteiger partial charge on any atom is 0.337 e. The fraction of sp³-hybridized carbons (Fsp3) is 0.400. The molecule has 9 heteroatoms. The fourth-order valence-corrected chi connectivity index (χ4v) is 5.82. The van der Waals surface area contributed by atoms with E-state index in [0.29, 0.717) is 41.9 Å². The van der Waals surface area contributed by atoms with Crippen molar-refractivity contribution >= 4 is 33.2 Å². The number of sulfonamides is 1. The van der Waals surface area contributed by atoms with Gasteiger partial charge >= 0.3 is 5.97 Å². The van der Waals surface area contributed by atoms with Crippen LogP contribution in [0, 0.1) is 13.8 Å². The fourth-order valence-electron chi connectivity index (χ4n) is 3.38. The Kier molecular flexibility index (Phi) is 6.40. The number of rotatable bonds is 5. The van der Waals surface area contributed by atoms with E-state index in [-0.39, 0.29) is 16.8 Å². The zero-order valence-electron chi connectivity index (χ0n) is 16.6. The second-order valence-corrected chi connectivity index (χ2v) is 10.2. The SMILES string of the molecule is COC(=O)c1ccc(S(=O)(=O)N2CCC(NC(=O)c3ccc(C)s3)CC2)c(C)c1. The minimum atomic E-state index is -3.67. The molecule has 1 aromatic carbocycles. The zero-order valence-corrected chi connectivity index (χ0v) is 18.2. The second kappa shape index (κ2) is 8.64. The van der Waals surface area contributed by atoms with Gasteiger partial charge in [0.1, 0.15) is 0 Å². The minimum absolute atomic E-state index is 0.0563. The van der Waals surface area contributed by atoms with E-state index in [4.69, 9.17) is 0 Å². The van der Waals surface area contributed by atoms with Gasteiger partial charge in [-0.05, 0) is 62.6 Å². The van der Waals surface area contributed by atoms with Crippen LogP contribution in [0.25, 0.3) is 0 Å². The van der Waals surface area contributed by atoms with Gasteiger partial charge in [0.2, 0.25) is 10.0 Å². The molecular formula is C20H24N2O5S2. The molecule has 0 aliphatic carbocycles. The third-order valence-corrected chi connectivity index (χ3v) is 8.03. The van der Waals surface area contributed by atoms with Gasteiger partial charge in [0.25, 0.3) is 5.91 Å². The quantitative estimate of drug-likeness (QED) is 0.728. The molecule has 1 N–H and O–H groups in total. The molecule has 0 radical (unpaired) electrons. The lowest BCUT2D eigenvalue weighted by molar-refractivity contribution is 0.0600. The molecule has 0 atom stereocenters. The van der Waals surface area contributed by atoms with Crippen molar-refractivity contribution in [3.63, 3.8) is 0 Å². The summed E-state index contributed by atoms with van der Waals surface area (Å²) in [5, 5.41) is 3.00. The number of amides is 1. The molecule has 1 aliphatic heterocycles. The molecule has 1 fully saturated rings. The number of aryl methyl sites for hydroxylation is 2. The molecule has 1 saturated heterocycles. The molecule has 0 unspecified atom stereocenters. The molecule has 2 heterocycles. The van der Waals surface area contributed by atoms with Crippen LogP contribution in [-0.4, -0.2) is 50.8 Å². The lowest BCUT2D eigenvalue weighted by Gasteiger charge is -2.32. The first-order valence-electron chi connectivity index (χ1n) is 9.29. The highest BCUT2D eigenvalue weighted by atomic mass is 32.2. The molecule has 7 nitrogen and oxygen atoms in total. The predicted octanol–water partition coefficient (Wildman–Crippen LogP) is 2.73. The van der Waals surface area contributed by atoms with Gasteiger partial charge in [-0.15, -0.1) is 11.3 Å². The number of thiophene rings is 1. The number of hydrogen-bond acceptors (Lipinski definition) is 6. The molecule has 2 aromatic rings. The number of carbonyl (C=O) groups is 2. The van der Waals surface area contributed by atoms with Gasteiger partial charge in [0.15, 0.2) is 0 Å². The highest BCUT2D eigenvalue weighted by Crippen LogP contribution is 2.25. The smallest absolute Gasteiger partial charge is 0.337 e. The Morgan fingerprint density at radius 1 is 1.14 bits per heavy atom. The van der Waals surface area contributed by atoms with Gasteiger partial charge in [-0.3, -0.25) is 4.79 Å². The molecule has 1 amide bonds. The van der Waals surface area contributed by atoms with Crippen molar-refractivity contribution in [1.82, 2.24) is 9.62 Å². The number of carbonyl (C=O) groups excluding carboxylic acids is 2. The summed E-state index contributed by atoms with van der Waals surface area (Å²) in [4.78, 5) is 25.9. The van der Waals surface area contributed by atoms with E-state index in [1.54, 1.807) is 13.0 Å². The maximum atomic E-state index is 13.0. The van der Waals surface area contributed by atoms with Crippen molar-refractivity contribution in [2.75, 3.05) is 20.2 Å². The summed E-state index contributed by atoms with van der Waals surface area (Å²) in [5.74, 6) is -0.617. The second-order valence-electron chi connectivity index (χ2n) is 7.03. The monoisotopic (exact) mass is 436 g/mol. The van der Waals surface area contributed by atoms with Crippen LogP contribution in [0.3, 0.4) is 0 Å². The van der Waals surface area contributed by atoms with Crippen LogP contribution in [-0.2, 0) is 14.8 Å². The number of hydrogen-bond donors (Lipinski definition) is 1. The van der Waals surface area contributed by atoms with Gasteiger partial charge < -0.3 is 10.1 Å². The summed E-state index contributed by atoms with van der Waals surface area (Å²) < 4.78 is 32.2. The molecule has 29 heavy (non-hydrogen) atoms. The van der Waals surface area contributed by atoms with Crippen LogP contribution < -0.4 is 5.32 Å². The van der Waals surface area contributed by atoms with Crippen molar-refractivity contribution in [2.24, 2.45) is 0 Å². The van der Waals surface area contributed by atoms with Gasteiger partial charge in [0, 0.05) is 24.0 Å². The molecule has 0 spiro atoms. The molecular weight excluding hydrogens is 412 g/mol. The van der Waals surface area contributed by atoms with Crippen LogP contribution in [0.1, 0.15) is 43.3 Å². The third-order valence-electron chi connectivity index (χ3n) is 4.97. The van der Waals surface area contributed by atoms with E-state index in [1.165, 1.54) is 41.0 Å². The zero-order chi connectivity index (χ0) is 21.2. The van der Waals surface area contributed by atoms with Crippen LogP contribution in [0.2, 0.25) is 0 Å². The first-order chi connectivity index (χ1) is 13.7. The molecule has 156 valence electrons. The number of ether oxygens (including phenoxy) is 1. The van der Waals surface area contributed by atoms with E-state index in [1.807, 2.05) is 13.0 Å². The Balaban J connectivity index is 1.65. The van der Waals surface area contributed by atoms with Crippen molar-refractivity contribution in [2.45, 2.75) is 37.6 Å². The number of piperidine rings is 1. The highest BCUT2D eigenvalue weighted by molar-refractivity contribution is 7.89. The summed E-state index contributed by atoms with van der Waals surface area (Å²) in [6, 6.07) is 8.08. The van der Waals surface area contributed by atoms with Gasteiger partial charge in [0.05, 0.1) is 22.4 Å². The lowest BCUT2D eigenvalue weighted by Crippen LogP contribution is -2.46. The Morgan fingerprint density at radius 2 is 1.83 bits per heavy atom. The highest BCUT2D eigenvalue weighted by Gasteiger charge is 2.31. The van der Waals surface area contributed by atoms with Crippen molar-refractivity contribution in [3.05, 3.63) is 51.2 Å². The largest absolute Gasteiger partial charge is 0.465 e. The van der Waals surface area contributed by atoms with E-state index in [2.05, 4.69) is 10.1 Å². The molecule has 3 rings (SSSR count). The number of esters is 1. The first kappa shape index (κ1) is 21.5. The Bertz CT molecular complexity index is 1020. The topological polar surface area (TPSA) is 92.8 Å². The Labute approximate surface area is 174 Å². The normalized spacial score (nSPS) is 15.8. The summed E-state index contributed by atoms with van der Waals surface area (Å²) in [7, 11) is -2.39. The standard InChI is InChI=1S/C20H24N2O5S2/c1-13-12-15(20(24)27-3)5-7-18(13)29(25,26)22-10-8-16(9-11-22)21-19(23)17-6-4-14(2)28-17/h4-7,12,16H,8-11H2,1-3H3,(H,21,23). The third kappa shape index (κ3) is 4.68.